The molecule has 0 saturated heterocycles. The number of nitrogens with one attached hydrogen (secondary N) is 1. The van der Waals surface area contributed by atoms with Crippen molar-refractivity contribution in [2.75, 3.05) is 13.2 Å². The van der Waals surface area contributed by atoms with Gasteiger partial charge in [-0.3, -0.25) is 9.59 Å². The number of benzene rings is 3. The predicted molar refractivity (Wildman–Crippen MR) is 122 cm³/mol. The minimum atomic E-state index is -0.610. The first kappa shape index (κ1) is 21.8. The van der Waals surface area contributed by atoms with Crippen molar-refractivity contribution in [3.63, 3.8) is 0 Å². The molecule has 3 rings (SSSR count). The van der Waals surface area contributed by atoms with E-state index in [0.29, 0.717) is 18.8 Å². The number of halogens is 1. The summed E-state index contributed by atoms with van der Waals surface area (Å²) in [6.07, 6.45) is 0. The maximum absolute atomic E-state index is 13.1. The van der Waals surface area contributed by atoms with Crippen LogP contribution in [0.4, 0.5) is 0 Å². The van der Waals surface area contributed by atoms with Gasteiger partial charge >= 0.3 is 0 Å². The molecule has 0 bridgehead atoms. The number of likely N-dealkylation sites (N-methyl/N-ethyl adjacent to an activating group) is 1. The zero-order valence-electron chi connectivity index (χ0n) is 17.1. The van der Waals surface area contributed by atoms with Gasteiger partial charge in [-0.1, -0.05) is 60.7 Å². The van der Waals surface area contributed by atoms with Gasteiger partial charge in [0, 0.05) is 13.1 Å². The molecule has 1 unspecified atom stereocenters. The maximum atomic E-state index is 13.1. The molecule has 30 heavy (non-hydrogen) atoms. The van der Waals surface area contributed by atoms with E-state index in [-0.39, 0.29) is 18.4 Å². The Morgan fingerprint density at radius 3 is 2.47 bits per heavy atom. The van der Waals surface area contributed by atoms with Gasteiger partial charge in [-0.05, 0) is 52.2 Å². The molecule has 0 aromatic heterocycles. The summed E-state index contributed by atoms with van der Waals surface area (Å²) in [4.78, 5) is 27.0. The van der Waals surface area contributed by atoms with E-state index in [1.165, 1.54) is 0 Å². The lowest BCUT2D eigenvalue weighted by Gasteiger charge is -2.28. The Balaban J connectivity index is 1.77. The molecule has 0 aliphatic heterocycles. The number of nitrogens with zero attached hydrogens (tertiary/aromatic N) is 1. The third-order valence-electron chi connectivity index (χ3n) is 4.89. The molecular formula is C24H25BrN2O3. The first-order chi connectivity index (χ1) is 14.5. The lowest BCUT2D eigenvalue weighted by molar-refractivity contribution is -0.142. The number of hydrogen-bond acceptors (Lipinski definition) is 3. The van der Waals surface area contributed by atoms with Crippen molar-refractivity contribution in [2.45, 2.75) is 26.4 Å². The van der Waals surface area contributed by atoms with E-state index in [4.69, 9.17) is 4.74 Å². The quantitative estimate of drug-likeness (QED) is 0.527. The molecule has 0 fully saturated rings. The molecule has 0 heterocycles. The van der Waals surface area contributed by atoms with Crippen LogP contribution in [-0.4, -0.2) is 35.9 Å². The van der Waals surface area contributed by atoms with Crippen molar-refractivity contribution in [1.29, 1.82) is 0 Å². The highest BCUT2D eigenvalue weighted by Crippen LogP contribution is 2.33. The van der Waals surface area contributed by atoms with Crippen LogP contribution in [0.1, 0.15) is 19.4 Å². The van der Waals surface area contributed by atoms with Crippen molar-refractivity contribution >= 4 is 38.5 Å². The molecule has 1 N–H and O–H groups in total. The standard InChI is InChI=1S/C24H25BrN2O3/c1-3-26-24(29)17(2)27(15-18-9-5-4-6-10-18)22(28)16-30-21-14-13-19-11-7-8-12-20(19)23(21)25/h4-14,17H,3,15-16H2,1-2H3,(H,26,29). The van der Waals surface area contributed by atoms with Crippen LogP contribution in [0.25, 0.3) is 10.8 Å². The van der Waals surface area contributed by atoms with Crippen LogP contribution in [0.15, 0.2) is 71.2 Å². The van der Waals surface area contributed by atoms with E-state index in [1.807, 2.05) is 73.7 Å². The van der Waals surface area contributed by atoms with Crippen LogP contribution in [0, 0.1) is 0 Å². The third kappa shape index (κ3) is 5.19. The fraction of sp³-hybridized carbons (Fsp3) is 0.250. The fourth-order valence-electron chi connectivity index (χ4n) is 3.23. The number of carbonyl (C=O) groups excluding carboxylic acids is 2. The smallest absolute Gasteiger partial charge is 0.261 e. The monoisotopic (exact) mass is 468 g/mol. The first-order valence-electron chi connectivity index (χ1n) is 9.92. The Kier molecular flexibility index (Phi) is 7.46. The average molecular weight is 469 g/mol. The minimum Gasteiger partial charge on any atom is -0.483 e. The predicted octanol–water partition coefficient (Wildman–Crippen LogP) is 4.53. The Morgan fingerprint density at radius 2 is 1.73 bits per heavy atom. The summed E-state index contributed by atoms with van der Waals surface area (Å²) in [5.74, 6) is 0.152. The Hall–Kier alpha value is -2.86. The summed E-state index contributed by atoms with van der Waals surface area (Å²) in [6, 6.07) is 20.8. The Labute approximate surface area is 185 Å². The number of rotatable bonds is 8. The van der Waals surface area contributed by atoms with Crippen LogP contribution < -0.4 is 10.1 Å². The molecule has 0 aliphatic rings. The van der Waals surface area contributed by atoms with Gasteiger partial charge in [-0.2, -0.15) is 0 Å². The average Bonchev–Trinajstić information content (AvgIpc) is 2.77. The normalized spacial score (nSPS) is 11.7. The van der Waals surface area contributed by atoms with Gasteiger partial charge in [-0.15, -0.1) is 0 Å². The fourth-order valence-corrected chi connectivity index (χ4v) is 3.84. The summed E-state index contributed by atoms with van der Waals surface area (Å²) in [6.45, 7) is 4.27. The van der Waals surface area contributed by atoms with Gasteiger partial charge in [0.1, 0.15) is 11.8 Å². The largest absolute Gasteiger partial charge is 0.483 e. The van der Waals surface area contributed by atoms with E-state index in [1.54, 1.807) is 11.8 Å². The van der Waals surface area contributed by atoms with Crippen LogP contribution >= 0.6 is 15.9 Å². The maximum Gasteiger partial charge on any atom is 0.261 e. The molecule has 0 aliphatic carbocycles. The first-order valence-corrected chi connectivity index (χ1v) is 10.7. The molecule has 6 heteroatoms. The molecule has 156 valence electrons. The summed E-state index contributed by atoms with van der Waals surface area (Å²) >= 11 is 3.58. The molecule has 0 spiro atoms. The minimum absolute atomic E-state index is 0.159. The number of hydrogen-bond donors (Lipinski definition) is 1. The van der Waals surface area contributed by atoms with E-state index in [0.717, 1.165) is 20.8 Å². The van der Waals surface area contributed by atoms with Crippen molar-refractivity contribution in [1.82, 2.24) is 10.2 Å². The zero-order valence-corrected chi connectivity index (χ0v) is 18.7. The molecule has 3 aromatic carbocycles. The van der Waals surface area contributed by atoms with Crippen molar-refractivity contribution in [2.24, 2.45) is 0 Å². The lowest BCUT2D eigenvalue weighted by atomic mass is 10.1. The highest BCUT2D eigenvalue weighted by molar-refractivity contribution is 9.10. The second-order valence-electron chi connectivity index (χ2n) is 6.97. The summed E-state index contributed by atoms with van der Waals surface area (Å²) in [5, 5.41) is 4.88. The second kappa shape index (κ2) is 10.3. The highest BCUT2D eigenvalue weighted by atomic mass is 79.9. The van der Waals surface area contributed by atoms with Crippen LogP contribution in [0.2, 0.25) is 0 Å². The number of carbonyl (C=O) groups is 2. The molecule has 3 aromatic rings. The van der Waals surface area contributed by atoms with E-state index in [2.05, 4.69) is 21.2 Å². The van der Waals surface area contributed by atoms with Gasteiger partial charge in [0.2, 0.25) is 5.91 Å². The van der Waals surface area contributed by atoms with E-state index in [9.17, 15) is 9.59 Å². The Bertz CT molecular complexity index is 1020. The van der Waals surface area contributed by atoms with Gasteiger partial charge < -0.3 is 15.0 Å². The molecule has 5 nitrogen and oxygen atoms in total. The van der Waals surface area contributed by atoms with Gasteiger partial charge in [0.25, 0.3) is 5.91 Å². The van der Waals surface area contributed by atoms with Crippen LogP contribution in [-0.2, 0) is 16.1 Å². The second-order valence-corrected chi connectivity index (χ2v) is 7.76. The van der Waals surface area contributed by atoms with Gasteiger partial charge in [0.05, 0.1) is 4.47 Å². The van der Waals surface area contributed by atoms with E-state index < -0.39 is 6.04 Å². The van der Waals surface area contributed by atoms with Crippen LogP contribution in [0.3, 0.4) is 0 Å². The zero-order chi connectivity index (χ0) is 21.5. The summed E-state index contributed by atoms with van der Waals surface area (Å²) < 4.78 is 6.65. The topological polar surface area (TPSA) is 58.6 Å². The molecule has 0 saturated carbocycles. The van der Waals surface area contributed by atoms with Crippen molar-refractivity contribution in [3.05, 3.63) is 76.8 Å². The number of ether oxygens (including phenoxy) is 1. The SMILES string of the molecule is CCNC(=O)C(C)N(Cc1ccccc1)C(=O)COc1ccc2ccccc2c1Br. The summed E-state index contributed by atoms with van der Waals surface area (Å²) in [5.41, 5.74) is 0.953. The van der Waals surface area contributed by atoms with Crippen LogP contribution in [0.5, 0.6) is 5.75 Å². The lowest BCUT2D eigenvalue weighted by Crippen LogP contribution is -2.49. The highest BCUT2D eigenvalue weighted by Gasteiger charge is 2.26. The van der Waals surface area contributed by atoms with E-state index >= 15 is 0 Å². The Morgan fingerprint density at radius 1 is 1.03 bits per heavy atom. The molecule has 1 atom stereocenters. The number of amides is 2. The molecule has 2 amide bonds. The van der Waals surface area contributed by atoms with Gasteiger partial charge in [0.15, 0.2) is 6.61 Å². The number of fused-ring (bicyclic) bond motifs is 1. The molecule has 0 radical (unpaired) electrons. The molecular weight excluding hydrogens is 444 g/mol. The summed E-state index contributed by atoms with van der Waals surface area (Å²) in [7, 11) is 0. The third-order valence-corrected chi connectivity index (χ3v) is 5.71. The van der Waals surface area contributed by atoms with Crippen molar-refractivity contribution < 1.29 is 14.3 Å². The van der Waals surface area contributed by atoms with Crippen molar-refractivity contribution in [3.8, 4) is 5.75 Å². The van der Waals surface area contributed by atoms with Gasteiger partial charge in [-0.25, -0.2) is 0 Å².